The molecule has 1 heterocycles. The lowest BCUT2D eigenvalue weighted by Gasteiger charge is -2.26. The first-order chi connectivity index (χ1) is 7.84. The second-order valence-electron chi connectivity index (χ2n) is 4.08. The zero-order valence-electron chi connectivity index (χ0n) is 9.61. The minimum atomic E-state index is 0.869. The van der Waals surface area contributed by atoms with Gasteiger partial charge in [-0.15, -0.1) is 0 Å². The van der Waals surface area contributed by atoms with E-state index in [1.54, 1.807) is 0 Å². The number of nitrogens with one attached hydrogen (secondary N) is 1. The molecule has 0 aromatic heterocycles. The number of morpholine rings is 1. The van der Waals surface area contributed by atoms with Gasteiger partial charge in [-0.3, -0.25) is 4.90 Å². The van der Waals surface area contributed by atoms with Crippen LogP contribution in [0.2, 0.25) is 0 Å². The van der Waals surface area contributed by atoms with Crippen LogP contribution in [0.1, 0.15) is 5.56 Å². The van der Waals surface area contributed by atoms with Gasteiger partial charge in [-0.05, 0) is 24.6 Å². The fourth-order valence-corrected chi connectivity index (χ4v) is 1.86. The topological polar surface area (TPSA) is 24.5 Å². The monoisotopic (exact) mass is 219 g/mol. The number of benzene rings is 1. The first-order valence-corrected chi connectivity index (χ1v) is 5.80. The van der Waals surface area contributed by atoms with Crippen molar-refractivity contribution in [2.45, 2.75) is 0 Å². The Balaban J connectivity index is 1.71. The first-order valence-electron chi connectivity index (χ1n) is 5.80. The maximum Gasteiger partial charge on any atom is 0.0594 e. The third-order valence-corrected chi connectivity index (χ3v) is 2.79. The average Bonchev–Trinajstić information content (AvgIpc) is 2.30. The van der Waals surface area contributed by atoms with Crippen molar-refractivity contribution in [2.75, 3.05) is 44.7 Å². The summed E-state index contributed by atoms with van der Waals surface area (Å²) in [6.07, 6.45) is 0. The number of rotatable bonds is 4. The molecule has 1 aromatic carbocycles. The van der Waals surface area contributed by atoms with E-state index in [9.17, 15) is 0 Å². The van der Waals surface area contributed by atoms with E-state index < -0.39 is 0 Å². The molecule has 0 spiro atoms. The quantitative estimate of drug-likeness (QED) is 0.832. The molecule has 0 unspecified atom stereocenters. The van der Waals surface area contributed by atoms with E-state index in [1.165, 1.54) is 0 Å². The SMILES string of the molecule is [CH2]c1cccc(NCCN2CCOCC2)c1. The smallest absolute Gasteiger partial charge is 0.0594 e. The normalized spacial score (nSPS) is 17.3. The van der Waals surface area contributed by atoms with E-state index >= 15 is 0 Å². The maximum absolute atomic E-state index is 5.31. The molecular weight excluding hydrogens is 200 g/mol. The van der Waals surface area contributed by atoms with Crippen LogP contribution < -0.4 is 5.32 Å². The minimum Gasteiger partial charge on any atom is -0.384 e. The van der Waals surface area contributed by atoms with E-state index in [0.29, 0.717) is 0 Å². The summed E-state index contributed by atoms with van der Waals surface area (Å²) in [5, 5.41) is 3.41. The van der Waals surface area contributed by atoms with Gasteiger partial charge in [-0.25, -0.2) is 0 Å². The summed E-state index contributed by atoms with van der Waals surface area (Å²) in [5.41, 5.74) is 2.21. The molecule has 1 radical (unpaired) electrons. The highest BCUT2D eigenvalue weighted by molar-refractivity contribution is 5.46. The molecule has 0 bridgehead atoms. The highest BCUT2D eigenvalue weighted by atomic mass is 16.5. The standard InChI is InChI=1S/C13H19N2O/c1-12-3-2-4-13(11-12)14-5-6-15-7-9-16-10-8-15/h2-4,11,14H,1,5-10H2. The third kappa shape index (κ3) is 3.51. The van der Waals surface area contributed by atoms with E-state index in [0.717, 1.165) is 50.6 Å². The van der Waals surface area contributed by atoms with Crippen molar-refractivity contribution in [3.05, 3.63) is 36.8 Å². The van der Waals surface area contributed by atoms with Crippen LogP contribution in [0.4, 0.5) is 5.69 Å². The number of anilines is 1. The Hall–Kier alpha value is -1.06. The summed E-state index contributed by atoms with van der Waals surface area (Å²) in [6.45, 7) is 9.81. The first kappa shape index (κ1) is 11.4. The molecule has 1 aliphatic heterocycles. The number of hydrogen-bond donors (Lipinski definition) is 1. The van der Waals surface area contributed by atoms with Crippen molar-refractivity contribution in [1.29, 1.82) is 0 Å². The van der Waals surface area contributed by atoms with Crippen LogP contribution in [0.3, 0.4) is 0 Å². The second kappa shape index (κ2) is 5.87. The third-order valence-electron chi connectivity index (χ3n) is 2.79. The molecule has 1 fully saturated rings. The van der Waals surface area contributed by atoms with Gasteiger partial charge in [-0.2, -0.15) is 0 Å². The van der Waals surface area contributed by atoms with E-state index in [-0.39, 0.29) is 0 Å². The molecule has 3 nitrogen and oxygen atoms in total. The van der Waals surface area contributed by atoms with Gasteiger partial charge in [0.15, 0.2) is 0 Å². The number of hydrogen-bond acceptors (Lipinski definition) is 3. The number of ether oxygens (including phenoxy) is 1. The highest BCUT2D eigenvalue weighted by Gasteiger charge is 2.08. The minimum absolute atomic E-state index is 0.869. The van der Waals surface area contributed by atoms with Gasteiger partial charge in [0.1, 0.15) is 0 Å². The van der Waals surface area contributed by atoms with Crippen LogP contribution in [0.5, 0.6) is 0 Å². The molecule has 87 valence electrons. The Kier molecular flexibility index (Phi) is 4.19. The van der Waals surface area contributed by atoms with Crippen LogP contribution in [0.25, 0.3) is 0 Å². The summed E-state index contributed by atoms with van der Waals surface area (Å²) < 4.78 is 5.31. The van der Waals surface area contributed by atoms with Gasteiger partial charge in [-0.1, -0.05) is 12.1 Å². The fraction of sp³-hybridized carbons (Fsp3) is 0.462. The van der Waals surface area contributed by atoms with Crippen molar-refractivity contribution in [1.82, 2.24) is 4.90 Å². The van der Waals surface area contributed by atoms with Crippen LogP contribution in [-0.4, -0.2) is 44.3 Å². The predicted molar refractivity (Wildman–Crippen MR) is 66.6 cm³/mol. The molecule has 1 N–H and O–H groups in total. The van der Waals surface area contributed by atoms with Gasteiger partial charge < -0.3 is 10.1 Å². The van der Waals surface area contributed by atoms with Crippen molar-refractivity contribution < 1.29 is 4.74 Å². The molecule has 2 rings (SSSR count). The molecule has 0 amide bonds. The molecule has 1 saturated heterocycles. The summed E-state index contributed by atoms with van der Waals surface area (Å²) in [5.74, 6) is 0. The maximum atomic E-state index is 5.31. The highest BCUT2D eigenvalue weighted by Crippen LogP contribution is 2.08. The van der Waals surface area contributed by atoms with E-state index in [4.69, 9.17) is 4.74 Å². The Morgan fingerprint density at radius 1 is 1.31 bits per heavy atom. The van der Waals surface area contributed by atoms with Gasteiger partial charge in [0.25, 0.3) is 0 Å². The molecule has 1 aromatic rings. The Labute approximate surface area is 97.4 Å². The lowest BCUT2D eigenvalue weighted by Crippen LogP contribution is -2.38. The molecule has 1 aliphatic rings. The van der Waals surface area contributed by atoms with Crippen molar-refractivity contribution in [2.24, 2.45) is 0 Å². The largest absolute Gasteiger partial charge is 0.384 e. The lowest BCUT2D eigenvalue weighted by molar-refractivity contribution is 0.0398. The van der Waals surface area contributed by atoms with Crippen molar-refractivity contribution >= 4 is 5.69 Å². The fourth-order valence-electron chi connectivity index (χ4n) is 1.86. The van der Waals surface area contributed by atoms with Crippen LogP contribution in [0.15, 0.2) is 24.3 Å². The van der Waals surface area contributed by atoms with Crippen molar-refractivity contribution in [3.63, 3.8) is 0 Å². The summed E-state index contributed by atoms with van der Waals surface area (Å²) in [4.78, 5) is 2.42. The average molecular weight is 219 g/mol. The molecule has 0 aliphatic carbocycles. The Morgan fingerprint density at radius 2 is 2.12 bits per heavy atom. The molecule has 16 heavy (non-hydrogen) atoms. The Morgan fingerprint density at radius 3 is 2.88 bits per heavy atom. The predicted octanol–water partition coefficient (Wildman–Crippen LogP) is 1.61. The van der Waals surface area contributed by atoms with Gasteiger partial charge in [0.05, 0.1) is 13.2 Å². The van der Waals surface area contributed by atoms with Gasteiger partial charge in [0.2, 0.25) is 0 Å². The molecule has 3 heteroatoms. The van der Waals surface area contributed by atoms with E-state index in [2.05, 4.69) is 29.3 Å². The van der Waals surface area contributed by atoms with Crippen LogP contribution in [0, 0.1) is 6.92 Å². The van der Waals surface area contributed by atoms with Gasteiger partial charge >= 0.3 is 0 Å². The van der Waals surface area contributed by atoms with Gasteiger partial charge in [0, 0.05) is 31.9 Å². The molecule has 0 saturated carbocycles. The summed E-state index contributed by atoms with van der Waals surface area (Å²) in [6, 6.07) is 8.18. The van der Waals surface area contributed by atoms with Crippen LogP contribution >= 0.6 is 0 Å². The van der Waals surface area contributed by atoms with E-state index in [1.807, 2.05) is 12.1 Å². The summed E-state index contributed by atoms with van der Waals surface area (Å²) >= 11 is 0. The zero-order chi connectivity index (χ0) is 11.2. The summed E-state index contributed by atoms with van der Waals surface area (Å²) in [7, 11) is 0. The zero-order valence-corrected chi connectivity index (χ0v) is 9.61. The second-order valence-corrected chi connectivity index (χ2v) is 4.08. The number of nitrogens with zero attached hydrogens (tertiary/aromatic N) is 1. The van der Waals surface area contributed by atoms with Crippen LogP contribution in [-0.2, 0) is 4.74 Å². The van der Waals surface area contributed by atoms with Crippen molar-refractivity contribution in [3.8, 4) is 0 Å². The molecule has 0 atom stereocenters. The Bertz CT molecular complexity index is 321. The molecular formula is C13H19N2O. The lowest BCUT2D eigenvalue weighted by atomic mass is 10.2.